The number of fused-ring (bicyclic) bond motifs is 1. The lowest BCUT2D eigenvalue weighted by Gasteiger charge is -2.28. The summed E-state index contributed by atoms with van der Waals surface area (Å²) in [5, 5.41) is 0.409. The minimum Gasteiger partial charge on any atom is -0.306 e. The molecule has 1 N–H and O–H groups in total. The fourth-order valence-corrected chi connectivity index (χ4v) is 3.39. The normalized spacial score (nSPS) is 14.2. The van der Waals surface area contributed by atoms with Gasteiger partial charge >= 0.3 is 0 Å². The number of pyridine rings is 1. The van der Waals surface area contributed by atoms with E-state index in [9.17, 15) is 9.18 Å². The standard InChI is InChI=1S/C19H16ClFN4O/c20-16-9-14(21)2-1-13(16)10-25-8-5-15-17(11-25)23-18(24-19(15)26)12-3-6-22-7-4-12/h1-4,6-7,9H,5,8,10-11H2,(H,23,24,26). The number of aromatic nitrogens is 3. The Bertz CT molecular complexity index is 1010. The Morgan fingerprint density at radius 1 is 1.23 bits per heavy atom. The second-order valence-electron chi connectivity index (χ2n) is 6.27. The number of benzene rings is 1. The van der Waals surface area contributed by atoms with Crippen molar-refractivity contribution in [2.24, 2.45) is 0 Å². The van der Waals surface area contributed by atoms with Crippen molar-refractivity contribution < 1.29 is 4.39 Å². The summed E-state index contributed by atoms with van der Waals surface area (Å²) in [6, 6.07) is 8.04. The molecule has 0 unspecified atom stereocenters. The van der Waals surface area contributed by atoms with Gasteiger partial charge in [0.1, 0.15) is 11.6 Å². The number of hydrogen-bond acceptors (Lipinski definition) is 4. The first-order valence-corrected chi connectivity index (χ1v) is 8.67. The van der Waals surface area contributed by atoms with Crippen LogP contribution in [0.15, 0.2) is 47.5 Å². The number of halogens is 2. The van der Waals surface area contributed by atoms with Crippen molar-refractivity contribution in [2.75, 3.05) is 6.54 Å². The Balaban J connectivity index is 1.61. The van der Waals surface area contributed by atoms with Crippen molar-refractivity contribution in [1.82, 2.24) is 19.9 Å². The fraction of sp³-hybridized carbons (Fsp3) is 0.211. The molecule has 1 aliphatic rings. The van der Waals surface area contributed by atoms with Crippen LogP contribution in [-0.2, 0) is 19.5 Å². The van der Waals surface area contributed by atoms with Crippen molar-refractivity contribution >= 4 is 11.6 Å². The molecule has 5 nitrogen and oxygen atoms in total. The van der Waals surface area contributed by atoms with E-state index in [0.29, 0.717) is 30.4 Å². The topological polar surface area (TPSA) is 61.9 Å². The Hall–Kier alpha value is -2.57. The molecule has 0 spiro atoms. The Kier molecular flexibility index (Phi) is 4.53. The first kappa shape index (κ1) is 16.9. The van der Waals surface area contributed by atoms with Gasteiger partial charge in [0.2, 0.25) is 0 Å². The number of nitrogens with zero attached hydrogens (tertiary/aromatic N) is 3. The van der Waals surface area contributed by atoms with Crippen LogP contribution in [0.5, 0.6) is 0 Å². The van der Waals surface area contributed by atoms with Gasteiger partial charge in [0.15, 0.2) is 0 Å². The summed E-state index contributed by atoms with van der Waals surface area (Å²) < 4.78 is 13.2. The highest BCUT2D eigenvalue weighted by Gasteiger charge is 2.22. The van der Waals surface area contributed by atoms with Crippen LogP contribution in [-0.4, -0.2) is 26.4 Å². The zero-order valence-electron chi connectivity index (χ0n) is 13.9. The molecule has 1 aliphatic heterocycles. The van der Waals surface area contributed by atoms with Gasteiger partial charge < -0.3 is 4.98 Å². The molecule has 26 heavy (non-hydrogen) atoms. The van der Waals surface area contributed by atoms with Gasteiger partial charge in [-0.25, -0.2) is 9.37 Å². The molecular weight excluding hydrogens is 355 g/mol. The molecule has 0 saturated carbocycles. The number of H-pyrrole nitrogens is 1. The average Bonchev–Trinajstić information content (AvgIpc) is 2.64. The lowest BCUT2D eigenvalue weighted by Crippen LogP contribution is -2.35. The predicted octanol–water partition coefficient (Wildman–Crippen LogP) is 3.18. The highest BCUT2D eigenvalue weighted by molar-refractivity contribution is 6.31. The van der Waals surface area contributed by atoms with E-state index in [1.165, 1.54) is 12.1 Å². The summed E-state index contributed by atoms with van der Waals surface area (Å²) in [7, 11) is 0. The van der Waals surface area contributed by atoms with Crippen LogP contribution in [0.25, 0.3) is 11.4 Å². The van der Waals surface area contributed by atoms with Gasteiger partial charge in [-0.15, -0.1) is 0 Å². The first-order chi connectivity index (χ1) is 12.6. The molecule has 7 heteroatoms. The minimum atomic E-state index is -0.349. The second kappa shape index (κ2) is 6.97. The quantitative estimate of drug-likeness (QED) is 0.769. The summed E-state index contributed by atoms with van der Waals surface area (Å²) in [5.74, 6) is 0.191. The van der Waals surface area contributed by atoms with E-state index in [1.807, 2.05) is 12.1 Å². The number of rotatable bonds is 3. The van der Waals surface area contributed by atoms with Crippen molar-refractivity contribution in [3.05, 3.63) is 80.7 Å². The molecule has 2 aromatic heterocycles. The van der Waals surface area contributed by atoms with Crippen molar-refractivity contribution in [1.29, 1.82) is 0 Å². The van der Waals surface area contributed by atoms with E-state index in [0.717, 1.165) is 28.9 Å². The van der Waals surface area contributed by atoms with Gasteiger partial charge in [0, 0.05) is 48.2 Å². The maximum atomic E-state index is 13.2. The van der Waals surface area contributed by atoms with Gasteiger partial charge in [-0.2, -0.15) is 0 Å². The van der Waals surface area contributed by atoms with E-state index in [4.69, 9.17) is 11.6 Å². The van der Waals surface area contributed by atoms with E-state index in [1.54, 1.807) is 18.5 Å². The summed E-state index contributed by atoms with van der Waals surface area (Å²) >= 11 is 6.14. The van der Waals surface area contributed by atoms with Crippen LogP contribution < -0.4 is 5.56 Å². The fourth-order valence-electron chi connectivity index (χ4n) is 3.17. The molecule has 0 aliphatic carbocycles. The van der Waals surface area contributed by atoms with E-state index in [-0.39, 0.29) is 11.4 Å². The molecule has 4 rings (SSSR count). The predicted molar refractivity (Wildman–Crippen MR) is 97.3 cm³/mol. The third-order valence-corrected chi connectivity index (χ3v) is 4.87. The van der Waals surface area contributed by atoms with Crippen LogP contribution in [0.1, 0.15) is 16.8 Å². The van der Waals surface area contributed by atoms with Gasteiger partial charge in [0.25, 0.3) is 5.56 Å². The van der Waals surface area contributed by atoms with Crippen molar-refractivity contribution in [2.45, 2.75) is 19.5 Å². The molecule has 1 aromatic carbocycles. The Morgan fingerprint density at radius 2 is 2.04 bits per heavy atom. The maximum Gasteiger partial charge on any atom is 0.254 e. The molecular formula is C19H16ClFN4O. The molecule has 0 atom stereocenters. The number of nitrogens with one attached hydrogen (secondary N) is 1. The maximum absolute atomic E-state index is 13.2. The largest absolute Gasteiger partial charge is 0.306 e. The minimum absolute atomic E-state index is 0.0960. The molecule has 3 heterocycles. The molecule has 3 aromatic rings. The summed E-state index contributed by atoms with van der Waals surface area (Å²) in [6.07, 6.45) is 3.95. The van der Waals surface area contributed by atoms with Gasteiger partial charge in [-0.05, 0) is 36.2 Å². The lowest BCUT2D eigenvalue weighted by molar-refractivity contribution is 0.240. The summed E-state index contributed by atoms with van der Waals surface area (Å²) in [4.78, 5) is 26.1. The summed E-state index contributed by atoms with van der Waals surface area (Å²) in [5.41, 5.74) is 3.07. The molecule has 132 valence electrons. The van der Waals surface area contributed by atoms with Gasteiger partial charge in [-0.1, -0.05) is 17.7 Å². The van der Waals surface area contributed by atoms with Crippen molar-refractivity contribution in [3.63, 3.8) is 0 Å². The third-order valence-electron chi connectivity index (χ3n) is 4.52. The Morgan fingerprint density at radius 3 is 2.81 bits per heavy atom. The monoisotopic (exact) mass is 370 g/mol. The zero-order chi connectivity index (χ0) is 18.1. The highest BCUT2D eigenvalue weighted by atomic mass is 35.5. The number of aromatic amines is 1. The molecule has 0 fully saturated rings. The number of hydrogen-bond donors (Lipinski definition) is 1. The van der Waals surface area contributed by atoms with E-state index < -0.39 is 0 Å². The van der Waals surface area contributed by atoms with Crippen LogP contribution in [0.4, 0.5) is 4.39 Å². The van der Waals surface area contributed by atoms with E-state index in [2.05, 4.69) is 19.9 Å². The van der Waals surface area contributed by atoms with E-state index >= 15 is 0 Å². The molecule has 0 bridgehead atoms. The SMILES string of the molecule is O=c1[nH]c(-c2ccncc2)nc2c1CCN(Cc1ccc(F)cc1Cl)C2. The smallest absolute Gasteiger partial charge is 0.254 e. The van der Waals surface area contributed by atoms with Gasteiger partial charge in [-0.3, -0.25) is 14.7 Å². The molecule has 0 radical (unpaired) electrons. The van der Waals surface area contributed by atoms with Crippen molar-refractivity contribution in [3.8, 4) is 11.4 Å². The van der Waals surface area contributed by atoms with Crippen LogP contribution >= 0.6 is 11.6 Å². The Labute approximate surface area is 154 Å². The lowest BCUT2D eigenvalue weighted by atomic mass is 10.0. The second-order valence-corrected chi connectivity index (χ2v) is 6.68. The average molecular weight is 371 g/mol. The van der Waals surface area contributed by atoms with Crippen LogP contribution in [0.2, 0.25) is 5.02 Å². The van der Waals surface area contributed by atoms with Gasteiger partial charge in [0.05, 0.1) is 5.69 Å². The first-order valence-electron chi connectivity index (χ1n) is 8.29. The highest BCUT2D eigenvalue weighted by Crippen LogP contribution is 2.23. The van der Waals surface area contributed by atoms with Crippen LogP contribution in [0, 0.1) is 5.82 Å². The molecule has 0 amide bonds. The third kappa shape index (κ3) is 3.38. The molecule has 0 saturated heterocycles. The van der Waals surface area contributed by atoms with Crippen LogP contribution in [0.3, 0.4) is 0 Å². The zero-order valence-corrected chi connectivity index (χ0v) is 14.6. The summed E-state index contributed by atoms with van der Waals surface area (Å²) in [6.45, 7) is 1.85.